The summed E-state index contributed by atoms with van der Waals surface area (Å²) in [6, 6.07) is 0. The number of nitrogens with zero attached hydrogens (tertiary/aromatic N) is 2. The van der Waals surface area contributed by atoms with E-state index in [1.54, 1.807) is 0 Å². The molecule has 4 N–H and O–H groups in total. The first kappa shape index (κ1) is 35.8. The number of hydrogen-bond donors (Lipinski definition) is 2. The van der Waals surface area contributed by atoms with Crippen molar-refractivity contribution in [3.05, 3.63) is 22.1 Å². The number of amides is 2. The second kappa shape index (κ2) is 28.9. The molecule has 0 aromatic rings. The molecule has 13 nitrogen and oxygen atoms in total. The van der Waals surface area contributed by atoms with Crippen molar-refractivity contribution in [3.63, 3.8) is 0 Å². The molecule has 2 amide bonds. The van der Waals surface area contributed by atoms with E-state index in [0.717, 1.165) is 0 Å². The van der Waals surface area contributed by atoms with E-state index in [1.807, 2.05) is 0 Å². The molecule has 0 aromatic heterocycles. The number of ether oxygens (including phenoxy) is 2. The standard InChI is InChI=1S/C21H40N6O5.2O.Tc/c1-18(28)26-9-11-31-13-14-32-12-10-27-21(30)4-2-3-20(29)15-19(16-24-7-5-22)17-25-8-6-23;;;/h19,22-23H,2-17H2,1H3,(H,26,28)(H,27,30);;;/q-4;;;. The topological polar surface area (TPSA) is 204 Å². The molecule has 0 aliphatic rings. The van der Waals surface area contributed by atoms with Crippen LogP contribution in [0.15, 0.2) is 0 Å². The number of carbonyl (C=O) groups excluding carboxylic acids is 3. The molecule has 0 aliphatic carbocycles. The third-order valence-corrected chi connectivity index (χ3v) is 4.25. The Kier molecular flexibility index (Phi) is 29.5. The first-order valence-corrected chi connectivity index (χ1v) is 13.1. The van der Waals surface area contributed by atoms with Crippen LogP contribution in [0.2, 0.25) is 0 Å². The van der Waals surface area contributed by atoms with Gasteiger partial charge in [-0.15, -0.1) is 13.1 Å². The molecule has 0 saturated heterocycles. The molecule has 0 atom stereocenters. The Labute approximate surface area is 216 Å². The van der Waals surface area contributed by atoms with Gasteiger partial charge >= 0.3 is 24.6 Å². The number of carbonyl (C=O) groups is 3. The first-order chi connectivity index (χ1) is 16.9. The Hall–Kier alpha value is -1.38. The molecular weight excluding hydrogens is 546 g/mol. The Morgan fingerprint density at radius 2 is 1.37 bits per heavy atom. The van der Waals surface area contributed by atoms with Gasteiger partial charge in [0.2, 0.25) is 11.8 Å². The molecule has 0 aliphatic heterocycles. The van der Waals surface area contributed by atoms with E-state index in [4.69, 9.17) is 27.9 Å². The fourth-order valence-electron chi connectivity index (χ4n) is 2.74. The Bertz CT molecular complexity index is 570. The van der Waals surface area contributed by atoms with Gasteiger partial charge < -0.3 is 42.2 Å². The monoisotopic (exact) mass is 585 g/mol. The molecule has 0 heterocycles. The predicted molar refractivity (Wildman–Crippen MR) is 126 cm³/mol. The molecule has 35 heavy (non-hydrogen) atoms. The van der Waals surface area contributed by atoms with E-state index in [2.05, 4.69) is 21.3 Å². The minimum absolute atomic E-state index is 0.0148. The van der Waals surface area contributed by atoms with E-state index in [-0.39, 0.29) is 43.0 Å². The second-order valence-electron chi connectivity index (χ2n) is 7.34. The molecular formula is C21H40N6O7Tc-4. The van der Waals surface area contributed by atoms with Gasteiger partial charge in [0.1, 0.15) is 5.78 Å². The van der Waals surface area contributed by atoms with E-state index in [9.17, 15) is 14.4 Å². The van der Waals surface area contributed by atoms with Crippen LogP contribution in [0.4, 0.5) is 0 Å². The molecule has 0 radical (unpaired) electrons. The SMILES string of the molecule is CC(=O)NCCOCCOCCNC(=O)CCCC(=O)CC(C[N-]CC[NH-])C[N-]CC[NH-].[O]=[Tc]=[O]. The maximum absolute atomic E-state index is 12.2. The quantitative estimate of drug-likeness (QED) is 0.169. The van der Waals surface area contributed by atoms with Gasteiger partial charge in [-0.2, -0.15) is 26.2 Å². The number of hydrogen-bond acceptors (Lipinski definition) is 7. The van der Waals surface area contributed by atoms with E-state index >= 15 is 0 Å². The fraction of sp³-hybridized carbons (Fsp3) is 0.857. The summed E-state index contributed by atoms with van der Waals surface area (Å²) in [5.41, 5.74) is 14.3. The van der Waals surface area contributed by atoms with Gasteiger partial charge in [-0.1, -0.05) is 5.92 Å². The molecule has 0 bridgehead atoms. The van der Waals surface area contributed by atoms with Gasteiger partial charge in [0.05, 0.1) is 26.4 Å². The van der Waals surface area contributed by atoms with Crippen LogP contribution in [-0.4, -0.2) is 96.4 Å². The van der Waals surface area contributed by atoms with Gasteiger partial charge in [0.25, 0.3) is 0 Å². The van der Waals surface area contributed by atoms with Gasteiger partial charge in [-0.25, -0.2) is 0 Å². The summed E-state index contributed by atoms with van der Waals surface area (Å²) in [4.78, 5) is 34.7. The van der Waals surface area contributed by atoms with Crippen LogP contribution in [0.25, 0.3) is 22.1 Å². The average molecular weight is 587 g/mol. The summed E-state index contributed by atoms with van der Waals surface area (Å²) in [5.74, 6) is -0.0956. The van der Waals surface area contributed by atoms with Crippen LogP contribution in [0.3, 0.4) is 0 Å². The van der Waals surface area contributed by atoms with Crippen LogP contribution in [0.1, 0.15) is 32.6 Å². The predicted octanol–water partition coefficient (Wildman–Crippen LogP) is 1.63. The zero-order chi connectivity index (χ0) is 26.6. The molecule has 0 saturated carbocycles. The van der Waals surface area contributed by atoms with Crippen molar-refractivity contribution in [3.8, 4) is 0 Å². The zero-order valence-electron chi connectivity index (χ0n) is 20.5. The molecule has 0 aromatic carbocycles. The number of rotatable bonds is 23. The van der Waals surface area contributed by atoms with Crippen LogP contribution in [-0.2, 0) is 48.5 Å². The second-order valence-corrected chi connectivity index (χ2v) is 7.65. The summed E-state index contributed by atoms with van der Waals surface area (Å²) < 4.78 is 27.6. The van der Waals surface area contributed by atoms with E-state index in [0.29, 0.717) is 85.0 Å². The Morgan fingerprint density at radius 1 is 0.857 bits per heavy atom. The summed E-state index contributed by atoms with van der Waals surface area (Å²) in [6.45, 7) is 6.36. The third-order valence-electron chi connectivity index (χ3n) is 4.25. The summed E-state index contributed by atoms with van der Waals surface area (Å²) in [6.07, 6.45) is 1.49. The summed E-state index contributed by atoms with van der Waals surface area (Å²) in [7, 11) is 0. The summed E-state index contributed by atoms with van der Waals surface area (Å²) >= 11 is -1.91. The van der Waals surface area contributed by atoms with Gasteiger partial charge in [-0.3, -0.25) is 14.4 Å². The molecule has 14 heteroatoms. The van der Waals surface area contributed by atoms with Crippen molar-refractivity contribution in [2.24, 2.45) is 5.92 Å². The van der Waals surface area contributed by atoms with E-state index in [1.165, 1.54) is 6.92 Å². The molecule has 0 unspecified atom stereocenters. The van der Waals surface area contributed by atoms with Crippen molar-refractivity contribution in [2.75, 3.05) is 78.8 Å². The molecule has 207 valence electrons. The number of ketones is 1. The Balaban J connectivity index is 0. The van der Waals surface area contributed by atoms with Crippen molar-refractivity contribution in [2.45, 2.75) is 32.6 Å². The van der Waals surface area contributed by atoms with Crippen LogP contribution < -0.4 is 10.6 Å². The zero-order valence-corrected chi connectivity index (χ0v) is 22.4. The van der Waals surface area contributed by atoms with Gasteiger partial charge in [0.15, 0.2) is 0 Å². The average Bonchev–Trinajstić information content (AvgIpc) is 2.80. The maximum atomic E-state index is 12.2. The molecule has 0 fully saturated rings. The van der Waals surface area contributed by atoms with Crippen LogP contribution in [0, 0.1) is 5.92 Å². The Morgan fingerprint density at radius 3 is 1.86 bits per heavy atom. The van der Waals surface area contributed by atoms with Gasteiger partial charge in [-0.05, 0) is 6.42 Å². The van der Waals surface area contributed by atoms with Gasteiger partial charge in [0, 0.05) is 39.3 Å². The van der Waals surface area contributed by atoms with Crippen LogP contribution >= 0.6 is 0 Å². The number of nitrogens with one attached hydrogen (secondary N) is 4. The van der Waals surface area contributed by atoms with Crippen LogP contribution in [0.5, 0.6) is 0 Å². The summed E-state index contributed by atoms with van der Waals surface area (Å²) in [5, 5.41) is 13.9. The third kappa shape index (κ3) is 30.6. The molecule has 0 spiro atoms. The van der Waals surface area contributed by atoms with Crippen molar-refractivity contribution < 1.29 is 48.5 Å². The first-order valence-electron chi connectivity index (χ1n) is 11.5. The van der Waals surface area contributed by atoms with Crippen molar-refractivity contribution in [1.29, 1.82) is 0 Å². The van der Waals surface area contributed by atoms with E-state index < -0.39 is 17.6 Å². The molecule has 0 rings (SSSR count). The normalized spacial score (nSPS) is 10.4. The van der Waals surface area contributed by atoms with Crippen molar-refractivity contribution in [1.82, 2.24) is 10.6 Å². The minimum atomic E-state index is -1.91. The van der Waals surface area contributed by atoms with Crippen molar-refractivity contribution >= 4 is 17.6 Å². The number of Topliss-reactive ketones (excluding diaryl/α,β-unsaturated/α-hetero) is 1. The fourth-order valence-corrected chi connectivity index (χ4v) is 2.74.